The van der Waals surface area contributed by atoms with Crippen LogP contribution in [0.2, 0.25) is 5.02 Å². The topological polar surface area (TPSA) is 88.7 Å². The van der Waals surface area contributed by atoms with Crippen LogP contribution in [0.5, 0.6) is 5.75 Å². The number of halogens is 1. The molecule has 132 valence electrons. The molecule has 1 aromatic rings. The summed E-state index contributed by atoms with van der Waals surface area (Å²) in [6.07, 6.45) is 0.674. The van der Waals surface area contributed by atoms with Crippen LogP contribution in [0.4, 0.5) is 5.69 Å². The van der Waals surface area contributed by atoms with E-state index in [0.717, 1.165) is 13.0 Å². The molecule has 1 saturated heterocycles. The van der Waals surface area contributed by atoms with E-state index in [1.54, 1.807) is 7.11 Å². The number of carbonyl (C=O) groups excluding carboxylic acids is 2. The maximum absolute atomic E-state index is 12.6. The highest BCUT2D eigenvalue weighted by Crippen LogP contribution is 2.31. The Bertz CT molecular complexity index is 624. The van der Waals surface area contributed by atoms with Crippen molar-refractivity contribution in [2.75, 3.05) is 32.6 Å². The standard InChI is InChI=1S/C16H22ClN3O4/c1-9(21)19-13-7-14(23-2)10(6-11(13)17)16(22)20-12-4-5-18-8-15(12)24-3/h6-7,12,15,18H,4-5,8H2,1-3H3,(H,19,21)(H,20,22). The van der Waals surface area contributed by atoms with E-state index in [1.807, 2.05) is 0 Å². The smallest absolute Gasteiger partial charge is 0.255 e. The molecule has 8 heteroatoms. The molecule has 3 N–H and O–H groups in total. The Kier molecular flexibility index (Phi) is 6.42. The summed E-state index contributed by atoms with van der Waals surface area (Å²) >= 11 is 6.16. The Labute approximate surface area is 146 Å². The van der Waals surface area contributed by atoms with Gasteiger partial charge in [-0.1, -0.05) is 11.6 Å². The molecule has 2 unspecified atom stereocenters. The zero-order chi connectivity index (χ0) is 17.7. The first-order chi connectivity index (χ1) is 11.5. The minimum absolute atomic E-state index is 0.0946. The molecular weight excluding hydrogens is 334 g/mol. The van der Waals surface area contributed by atoms with Gasteiger partial charge in [0.05, 0.1) is 35.5 Å². The van der Waals surface area contributed by atoms with Crippen molar-refractivity contribution < 1.29 is 19.1 Å². The highest BCUT2D eigenvalue weighted by atomic mass is 35.5. The number of hydrogen-bond donors (Lipinski definition) is 3. The number of piperidine rings is 1. The van der Waals surface area contributed by atoms with Gasteiger partial charge < -0.3 is 25.4 Å². The van der Waals surface area contributed by atoms with E-state index in [-0.39, 0.29) is 29.0 Å². The van der Waals surface area contributed by atoms with E-state index in [4.69, 9.17) is 21.1 Å². The van der Waals surface area contributed by atoms with Gasteiger partial charge in [0.2, 0.25) is 5.91 Å². The number of nitrogens with one attached hydrogen (secondary N) is 3. The molecule has 0 radical (unpaired) electrons. The van der Waals surface area contributed by atoms with Gasteiger partial charge in [0.25, 0.3) is 5.91 Å². The van der Waals surface area contributed by atoms with Gasteiger partial charge in [-0.15, -0.1) is 0 Å². The van der Waals surface area contributed by atoms with Crippen LogP contribution >= 0.6 is 11.6 Å². The molecule has 7 nitrogen and oxygen atoms in total. The fourth-order valence-corrected chi connectivity index (χ4v) is 2.88. The maximum atomic E-state index is 12.6. The van der Waals surface area contributed by atoms with Gasteiger partial charge in [-0.2, -0.15) is 0 Å². The second-order valence-corrected chi connectivity index (χ2v) is 5.97. The first-order valence-electron chi connectivity index (χ1n) is 7.65. The monoisotopic (exact) mass is 355 g/mol. The molecule has 24 heavy (non-hydrogen) atoms. The summed E-state index contributed by atoms with van der Waals surface area (Å²) in [6, 6.07) is 2.93. The largest absolute Gasteiger partial charge is 0.496 e. The summed E-state index contributed by atoms with van der Waals surface area (Å²) in [5.41, 5.74) is 0.708. The van der Waals surface area contributed by atoms with E-state index in [2.05, 4.69) is 16.0 Å². The van der Waals surface area contributed by atoms with Gasteiger partial charge in [0, 0.05) is 26.6 Å². The van der Waals surface area contributed by atoms with Gasteiger partial charge in [-0.3, -0.25) is 9.59 Å². The van der Waals surface area contributed by atoms with Crippen molar-refractivity contribution in [2.24, 2.45) is 0 Å². The predicted molar refractivity (Wildman–Crippen MR) is 91.8 cm³/mol. The normalized spacial score (nSPS) is 20.3. The van der Waals surface area contributed by atoms with Crippen molar-refractivity contribution in [3.8, 4) is 5.75 Å². The van der Waals surface area contributed by atoms with Crippen LogP contribution in [-0.4, -0.2) is 51.3 Å². The molecule has 0 saturated carbocycles. The number of ether oxygens (including phenoxy) is 2. The van der Waals surface area contributed by atoms with Crippen LogP contribution in [0.25, 0.3) is 0 Å². The fourth-order valence-electron chi connectivity index (χ4n) is 2.67. The molecule has 1 heterocycles. The van der Waals surface area contributed by atoms with E-state index >= 15 is 0 Å². The summed E-state index contributed by atoms with van der Waals surface area (Å²) in [6.45, 7) is 2.87. The molecule has 1 aliphatic heterocycles. The molecule has 2 atom stereocenters. The predicted octanol–water partition coefficient (Wildman–Crippen LogP) is 1.41. The third-order valence-corrected chi connectivity index (χ3v) is 4.20. The Hall–Kier alpha value is -1.83. The number of benzene rings is 1. The number of rotatable bonds is 5. The molecule has 0 aromatic heterocycles. The van der Waals surface area contributed by atoms with Gasteiger partial charge in [-0.05, 0) is 19.0 Å². The Morgan fingerprint density at radius 3 is 2.71 bits per heavy atom. The summed E-state index contributed by atoms with van der Waals surface area (Å²) in [5.74, 6) is -0.213. The lowest BCUT2D eigenvalue weighted by molar-refractivity contribution is -0.114. The number of methoxy groups -OCH3 is 2. The zero-order valence-electron chi connectivity index (χ0n) is 13.9. The minimum atomic E-state index is -0.294. The van der Waals surface area contributed by atoms with Crippen molar-refractivity contribution in [1.82, 2.24) is 10.6 Å². The van der Waals surface area contributed by atoms with E-state index in [0.29, 0.717) is 23.5 Å². The summed E-state index contributed by atoms with van der Waals surface area (Å²) < 4.78 is 10.7. The van der Waals surface area contributed by atoms with Crippen LogP contribution in [0.15, 0.2) is 12.1 Å². The van der Waals surface area contributed by atoms with Crippen LogP contribution in [0.3, 0.4) is 0 Å². The van der Waals surface area contributed by atoms with Crippen molar-refractivity contribution in [3.63, 3.8) is 0 Å². The summed E-state index contributed by atoms with van der Waals surface area (Å²) in [7, 11) is 3.08. The van der Waals surface area contributed by atoms with Gasteiger partial charge in [-0.25, -0.2) is 0 Å². The van der Waals surface area contributed by atoms with Crippen LogP contribution in [-0.2, 0) is 9.53 Å². The highest BCUT2D eigenvalue weighted by Gasteiger charge is 2.27. The summed E-state index contributed by atoms with van der Waals surface area (Å²) in [5, 5.41) is 9.06. The molecule has 2 amide bonds. The lowest BCUT2D eigenvalue weighted by Crippen LogP contribution is -2.53. The molecule has 1 aromatic carbocycles. The highest BCUT2D eigenvalue weighted by molar-refractivity contribution is 6.34. The third kappa shape index (κ3) is 4.37. The van der Waals surface area contributed by atoms with E-state index in [1.165, 1.54) is 26.2 Å². The Morgan fingerprint density at radius 1 is 1.33 bits per heavy atom. The second kappa shape index (κ2) is 8.32. The van der Waals surface area contributed by atoms with E-state index < -0.39 is 0 Å². The average Bonchev–Trinajstić information content (AvgIpc) is 2.56. The van der Waals surface area contributed by atoms with Gasteiger partial charge in [0.1, 0.15) is 5.75 Å². The van der Waals surface area contributed by atoms with Crippen LogP contribution in [0.1, 0.15) is 23.7 Å². The maximum Gasteiger partial charge on any atom is 0.255 e. The number of hydrogen-bond acceptors (Lipinski definition) is 5. The SMILES string of the molecule is COc1cc(NC(C)=O)c(Cl)cc1C(=O)NC1CCNCC1OC. The molecule has 0 aliphatic carbocycles. The Morgan fingerprint density at radius 2 is 2.08 bits per heavy atom. The molecule has 0 spiro atoms. The first kappa shape index (κ1) is 18.5. The quantitative estimate of drug-likeness (QED) is 0.743. The first-order valence-corrected chi connectivity index (χ1v) is 8.03. The van der Waals surface area contributed by atoms with Crippen LogP contribution < -0.4 is 20.7 Å². The second-order valence-electron chi connectivity index (χ2n) is 5.56. The van der Waals surface area contributed by atoms with Crippen molar-refractivity contribution in [1.29, 1.82) is 0 Å². The van der Waals surface area contributed by atoms with Gasteiger partial charge >= 0.3 is 0 Å². The zero-order valence-corrected chi connectivity index (χ0v) is 14.7. The van der Waals surface area contributed by atoms with Crippen LogP contribution in [0, 0.1) is 0 Å². The Balaban J connectivity index is 2.21. The fraction of sp³-hybridized carbons (Fsp3) is 0.500. The molecule has 0 bridgehead atoms. The lowest BCUT2D eigenvalue weighted by atomic mass is 10.0. The van der Waals surface area contributed by atoms with Crippen molar-refractivity contribution >= 4 is 29.1 Å². The number of anilines is 1. The molecule has 2 rings (SSSR count). The lowest BCUT2D eigenvalue weighted by Gasteiger charge is -2.31. The summed E-state index contributed by atoms with van der Waals surface area (Å²) in [4.78, 5) is 23.8. The average molecular weight is 356 g/mol. The molecular formula is C16H22ClN3O4. The van der Waals surface area contributed by atoms with Gasteiger partial charge in [0.15, 0.2) is 0 Å². The van der Waals surface area contributed by atoms with E-state index in [9.17, 15) is 9.59 Å². The number of carbonyl (C=O) groups is 2. The minimum Gasteiger partial charge on any atom is -0.496 e. The molecule has 1 aliphatic rings. The van der Waals surface area contributed by atoms with Crippen molar-refractivity contribution in [3.05, 3.63) is 22.7 Å². The number of amides is 2. The van der Waals surface area contributed by atoms with Crippen molar-refractivity contribution in [2.45, 2.75) is 25.5 Å². The third-order valence-electron chi connectivity index (χ3n) is 3.89. The molecule has 1 fully saturated rings.